The van der Waals surface area contributed by atoms with Crippen LogP contribution in [-0.2, 0) is 0 Å². The first-order valence-corrected chi connectivity index (χ1v) is 5.23. The topological polar surface area (TPSA) is 35.2 Å². The van der Waals surface area contributed by atoms with Gasteiger partial charge in [-0.25, -0.2) is 0 Å². The Kier molecular flexibility index (Phi) is 2.46. The summed E-state index contributed by atoms with van der Waals surface area (Å²) in [5.41, 5.74) is 8.51. The molecule has 0 aliphatic carbocycles. The summed E-state index contributed by atoms with van der Waals surface area (Å²) in [6, 6.07) is 6.38. The molecule has 0 fully saturated rings. The summed E-state index contributed by atoms with van der Waals surface area (Å²) in [5, 5.41) is 0. The monoisotopic (exact) mass is 191 g/mol. The molecule has 1 aromatic rings. The van der Waals surface area contributed by atoms with E-state index in [0.29, 0.717) is 6.10 Å². The second-order valence-corrected chi connectivity index (χ2v) is 4.03. The first-order chi connectivity index (χ1) is 6.70. The normalized spacial score (nSPS) is 25.4. The van der Waals surface area contributed by atoms with E-state index in [-0.39, 0.29) is 6.04 Å². The number of nitrogens with two attached hydrogens (primary N) is 1. The molecule has 1 aromatic carbocycles. The van der Waals surface area contributed by atoms with Crippen molar-refractivity contribution >= 4 is 0 Å². The Morgan fingerprint density at radius 1 is 1.50 bits per heavy atom. The smallest absolute Gasteiger partial charge is 0.124 e. The maximum absolute atomic E-state index is 6.10. The lowest BCUT2D eigenvalue weighted by Gasteiger charge is -2.29. The van der Waals surface area contributed by atoms with Crippen LogP contribution in [-0.4, -0.2) is 6.10 Å². The first-order valence-electron chi connectivity index (χ1n) is 5.23. The molecule has 1 aliphatic rings. The van der Waals surface area contributed by atoms with Gasteiger partial charge in [-0.15, -0.1) is 0 Å². The lowest BCUT2D eigenvalue weighted by atomic mass is 9.95. The summed E-state index contributed by atoms with van der Waals surface area (Å²) < 4.78 is 5.83. The average Bonchev–Trinajstić information content (AvgIpc) is 2.19. The molecule has 2 heteroatoms. The fourth-order valence-electron chi connectivity index (χ4n) is 1.95. The first kappa shape index (κ1) is 9.53. The molecule has 2 nitrogen and oxygen atoms in total. The molecule has 2 atom stereocenters. The molecule has 14 heavy (non-hydrogen) atoms. The molecular formula is C12H17NO. The highest BCUT2D eigenvalue weighted by Crippen LogP contribution is 2.34. The third-order valence-corrected chi connectivity index (χ3v) is 2.83. The summed E-state index contributed by atoms with van der Waals surface area (Å²) in [6.07, 6.45) is 2.26. The van der Waals surface area contributed by atoms with E-state index in [1.165, 1.54) is 5.56 Å². The van der Waals surface area contributed by atoms with Gasteiger partial charge in [-0.2, -0.15) is 0 Å². The SMILES string of the molecule is CCC1CC(N)c2cc(C)ccc2O1. The lowest BCUT2D eigenvalue weighted by Crippen LogP contribution is -2.28. The molecular weight excluding hydrogens is 174 g/mol. The molecule has 0 aromatic heterocycles. The number of rotatable bonds is 1. The van der Waals surface area contributed by atoms with Crippen LogP contribution in [0.3, 0.4) is 0 Å². The van der Waals surface area contributed by atoms with Crippen molar-refractivity contribution in [3.05, 3.63) is 29.3 Å². The number of aryl methyl sites for hydroxylation is 1. The Bertz CT molecular complexity index is 335. The zero-order chi connectivity index (χ0) is 10.1. The van der Waals surface area contributed by atoms with Gasteiger partial charge in [0.2, 0.25) is 0 Å². The number of fused-ring (bicyclic) bond motifs is 1. The molecule has 0 bridgehead atoms. The van der Waals surface area contributed by atoms with Crippen LogP contribution in [0.1, 0.15) is 36.9 Å². The molecule has 1 aliphatic heterocycles. The molecule has 0 saturated carbocycles. The van der Waals surface area contributed by atoms with Crippen LogP contribution in [0.4, 0.5) is 0 Å². The highest BCUT2D eigenvalue weighted by atomic mass is 16.5. The molecule has 0 amide bonds. The fraction of sp³-hybridized carbons (Fsp3) is 0.500. The van der Waals surface area contributed by atoms with Gasteiger partial charge in [-0.1, -0.05) is 24.6 Å². The van der Waals surface area contributed by atoms with Crippen molar-refractivity contribution in [3.63, 3.8) is 0 Å². The van der Waals surface area contributed by atoms with Crippen molar-refractivity contribution in [1.29, 1.82) is 0 Å². The van der Waals surface area contributed by atoms with Crippen LogP contribution in [0, 0.1) is 6.92 Å². The van der Waals surface area contributed by atoms with Crippen molar-refractivity contribution in [2.45, 2.75) is 38.8 Å². The van der Waals surface area contributed by atoms with Crippen LogP contribution in [0.2, 0.25) is 0 Å². The molecule has 0 saturated heterocycles. The second kappa shape index (κ2) is 3.62. The second-order valence-electron chi connectivity index (χ2n) is 4.03. The van der Waals surface area contributed by atoms with Crippen LogP contribution in [0.15, 0.2) is 18.2 Å². The van der Waals surface area contributed by atoms with Crippen molar-refractivity contribution < 1.29 is 4.74 Å². The molecule has 0 spiro atoms. The van der Waals surface area contributed by atoms with Crippen molar-refractivity contribution in [2.75, 3.05) is 0 Å². The lowest BCUT2D eigenvalue weighted by molar-refractivity contribution is 0.155. The average molecular weight is 191 g/mol. The third kappa shape index (κ3) is 1.62. The van der Waals surface area contributed by atoms with Gasteiger partial charge in [0.15, 0.2) is 0 Å². The zero-order valence-electron chi connectivity index (χ0n) is 8.79. The third-order valence-electron chi connectivity index (χ3n) is 2.83. The van der Waals surface area contributed by atoms with Gasteiger partial charge >= 0.3 is 0 Å². The van der Waals surface area contributed by atoms with E-state index < -0.39 is 0 Å². The quantitative estimate of drug-likeness (QED) is 0.740. The Balaban J connectivity index is 2.35. The predicted molar refractivity (Wildman–Crippen MR) is 57.4 cm³/mol. The maximum atomic E-state index is 6.10. The van der Waals surface area contributed by atoms with Gasteiger partial charge < -0.3 is 10.5 Å². The Hall–Kier alpha value is -1.02. The number of benzene rings is 1. The van der Waals surface area contributed by atoms with Crippen molar-refractivity contribution in [2.24, 2.45) is 5.73 Å². The number of hydrogen-bond donors (Lipinski definition) is 1. The largest absolute Gasteiger partial charge is 0.490 e. The van der Waals surface area contributed by atoms with Gasteiger partial charge in [0, 0.05) is 18.0 Å². The summed E-state index contributed by atoms with van der Waals surface area (Å²) in [6.45, 7) is 4.22. The fourth-order valence-corrected chi connectivity index (χ4v) is 1.95. The maximum Gasteiger partial charge on any atom is 0.124 e. The van der Waals surface area contributed by atoms with Gasteiger partial charge in [0.1, 0.15) is 11.9 Å². The minimum atomic E-state index is 0.142. The molecule has 2 unspecified atom stereocenters. The van der Waals surface area contributed by atoms with Crippen molar-refractivity contribution in [1.82, 2.24) is 0 Å². The van der Waals surface area contributed by atoms with Crippen LogP contribution in [0.25, 0.3) is 0 Å². The van der Waals surface area contributed by atoms with E-state index in [4.69, 9.17) is 10.5 Å². The van der Waals surface area contributed by atoms with E-state index in [0.717, 1.165) is 24.2 Å². The van der Waals surface area contributed by atoms with Gasteiger partial charge in [-0.05, 0) is 19.4 Å². The zero-order valence-corrected chi connectivity index (χ0v) is 8.79. The molecule has 0 radical (unpaired) electrons. The van der Waals surface area contributed by atoms with Crippen LogP contribution < -0.4 is 10.5 Å². The highest BCUT2D eigenvalue weighted by molar-refractivity contribution is 5.40. The standard InChI is InChI=1S/C12H17NO/c1-3-9-7-11(13)10-6-8(2)4-5-12(10)14-9/h4-6,9,11H,3,7,13H2,1-2H3. The molecule has 76 valence electrons. The summed E-state index contributed by atoms with van der Waals surface area (Å²) in [7, 11) is 0. The molecule has 1 heterocycles. The van der Waals surface area contributed by atoms with E-state index >= 15 is 0 Å². The van der Waals surface area contributed by atoms with E-state index in [1.54, 1.807) is 0 Å². The minimum absolute atomic E-state index is 0.142. The van der Waals surface area contributed by atoms with Crippen molar-refractivity contribution in [3.8, 4) is 5.75 Å². The Morgan fingerprint density at radius 3 is 3.00 bits per heavy atom. The summed E-state index contributed by atoms with van der Waals surface area (Å²) >= 11 is 0. The minimum Gasteiger partial charge on any atom is -0.490 e. The highest BCUT2D eigenvalue weighted by Gasteiger charge is 2.24. The van der Waals surface area contributed by atoms with E-state index in [9.17, 15) is 0 Å². The van der Waals surface area contributed by atoms with E-state index in [2.05, 4.69) is 26.0 Å². The van der Waals surface area contributed by atoms with Gasteiger partial charge in [0.25, 0.3) is 0 Å². The van der Waals surface area contributed by atoms with Gasteiger partial charge in [-0.3, -0.25) is 0 Å². The molecule has 2 N–H and O–H groups in total. The summed E-state index contributed by atoms with van der Waals surface area (Å²) in [5.74, 6) is 0.973. The Labute approximate surface area is 85.1 Å². The predicted octanol–water partition coefficient (Wildman–Crippen LogP) is 2.56. The van der Waals surface area contributed by atoms with Crippen LogP contribution in [0.5, 0.6) is 5.75 Å². The van der Waals surface area contributed by atoms with E-state index in [1.807, 2.05) is 6.07 Å². The number of ether oxygens (including phenoxy) is 1. The summed E-state index contributed by atoms with van der Waals surface area (Å²) in [4.78, 5) is 0. The van der Waals surface area contributed by atoms with Crippen LogP contribution >= 0.6 is 0 Å². The number of hydrogen-bond acceptors (Lipinski definition) is 2. The molecule has 2 rings (SSSR count). The Morgan fingerprint density at radius 2 is 2.29 bits per heavy atom. The van der Waals surface area contributed by atoms with Gasteiger partial charge in [0.05, 0.1) is 0 Å².